The Hall–Kier alpha value is -0.850. The maximum atomic E-state index is 12.3. The van der Waals surface area contributed by atoms with Gasteiger partial charge in [-0.25, -0.2) is 4.79 Å². The Morgan fingerprint density at radius 3 is 2.47 bits per heavy atom. The van der Waals surface area contributed by atoms with Crippen LogP contribution in [0.3, 0.4) is 0 Å². The van der Waals surface area contributed by atoms with Gasteiger partial charge in [-0.2, -0.15) is 0 Å². The molecule has 2 N–H and O–H groups in total. The summed E-state index contributed by atoms with van der Waals surface area (Å²) in [5, 5.41) is 18.1. The van der Waals surface area contributed by atoms with Gasteiger partial charge in [-0.1, -0.05) is 19.0 Å². The number of carbonyl (C=O) groups is 1. The van der Waals surface area contributed by atoms with Crippen molar-refractivity contribution in [1.29, 1.82) is 0 Å². The van der Waals surface area contributed by atoms with Gasteiger partial charge in [-0.15, -0.1) is 12.4 Å². The van der Waals surface area contributed by atoms with E-state index in [-0.39, 0.29) is 23.9 Å². The third kappa shape index (κ3) is 4.88. The predicted molar refractivity (Wildman–Crippen MR) is 139 cm³/mol. The van der Waals surface area contributed by atoms with Gasteiger partial charge in [0.15, 0.2) is 0 Å². The molecule has 0 heterocycles. The van der Waals surface area contributed by atoms with Crippen molar-refractivity contribution in [3.05, 3.63) is 0 Å². The molecule has 4 fully saturated rings. The minimum absolute atomic E-state index is 0. The minimum atomic E-state index is -0.467. The first-order valence-corrected chi connectivity index (χ1v) is 13.4. The second-order valence-electron chi connectivity index (χ2n) is 12.6. The summed E-state index contributed by atoms with van der Waals surface area (Å²) < 4.78 is 0. The third-order valence-electron chi connectivity index (χ3n) is 10.7. The molecule has 4 rings (SSSR count). The number of fused-ring (bicyclic) bond motifs is 5. The van der Waals surface area contributed by atoms with Crippen LogP contribution in [0.25, 0.3) is 0 Å². The van der Waals surface area contributed by atoms with Gasteiger partial charge in [-0.05, 0) is 113 Å². The molecule has 0 aromatic heterocycles. The van der Waals surface area contributed by atoms with E-state index in [1.165, 1.54) is 38.5 Å². The smallest absolute Gasteiger partial charge is 0.390 e. The van der Waals surface area contributed by atoms with E-state index >= 15 is 0 Å². The number of oxime groups is 1. The van der Waals surface area contributed by atoms with Gasteiger partial charge in [0.05, 0.1) is 11.3 Å². The van der Waals surface area contributed by atoms with E-state index in [2.05, 4.69) is 31.2 Å². The summed E-state index contributed by atoms with van der Waals surface area (Å²) >= 11 is 0. The average Bonchev–Trinajstić information content (AvgIpc) is 3.13. The molecule has 196 valence electrons. The monoisotopic (exact) mass is 497 g/mol. The topological polar surface area (TPSA) is 74.2 Å². The van der Waals surface area contributed by atoms with Crippen LogP contribution in [0.2, 0.25) is 0 Å². The molecular weight excluding hydrogens is 450 g/mol. The Balaban J connectivity index is 0.00000324. The number of hydrogen-bond acceptors (Lipinski definition) is 5. The van der Waals surface area contributed by atoms with E-state index in [1.54, 1.807) is 11.9 Å². The Kier molecular flexibility index (Phi) is 8.37. The standard InChI is InChI=1S/C27H47N3O3.ClH/c1-18(29-33-24(31)30(6)16-15-28-5)21-9-10-22-20-8-7-19-17-25(2,32)13-14-26(19,3)23(20)11-12-27(21,22)4;/h19-23,28,32H,7-17H2,1-6H3;1H/b29-18+;/t19?,20-,21+,22-,23-,25+,26-,27+;/m0./s1. The number of carbonyl (C=O) groups excluding carboxylic acids is 1. The molecule has 1 unspecified atom stereocenters. The Labute approximate surface area is 213 Å². The first kappa shape index (κ1) is 27.7. The average molecular weight is 498 g/mol. The lowest BCUT2D eigenvalue weighted by Crippen LogP contribution is -2.55. The molecule has 0 radical (unpaired) electrons. The lowest BCUT2D eigenvalue weighted by Gasteiger charge is -2.61. The van der Waals surface area contributed by atoms with Crippen LogP contribution in [-0.2, 0) is 4.84 Å². The summed E-state index contributed by atoms with van der Waals surface area (Å²) in [4.78, 5) is 19.2. The number of nitrogens with zero attached hydrogens (tertiary/aromatic N) is 2. The number of hydrogen-bond donors (Lipinski definition) is 2. The van der Waals surface area contributed by atoms with Crippen molar-refractivity contribution in [3.63, 3.8) is 0 Å². The SMILES string of the molecule is CNCCN(C)C(=O)O/N=C(\C)[C@H]1CC[C@H]2[C@@H]3CCC4C[C@](C)(O)CC[C@]4(C)[C@H]3CC[C@]12C.Cl. The Morgan fingerprint density at radius 1 is 1.06 bits per heavy atom. The molecule has 4 aliphatic carbocycles. The van der Waals surface area contributed by atoms with Crippen LogP contribution in [0.1, 0.15) is 85.5 Å². The van der Waals surface area contributed by atoms with Crippen LogP contribution < -0.4 is 5.32 Å². The first-order chi connectivity index (χ1) is 15.5. The molecule has 8 atom stereocenters. The first-order valence-electron chi connectivity index (χ1n) is 13.4. The Morgan fingerprint density at radius 2 is 1.76 bits per heavy atom. The fourth-order valence-electron chi connectivity index (χ4n) is 8.73. The van der Waals surface area contributed by atoms with E-state index in [0.29, 0.717) is 23.8 Å². The number of amides is 1. The highest BCUT2D eigenvalue weighted by Crippen LogP contribution is 2.68. The molecule has 4 saturated carbocycles. The highest BCUT2D eigenvalue weighted by molar-refractivity contribution is 5.86. The quantitative estimate of drug-likeness (QED) is 0.299. The lowest BCUT2D eigenvalue weighted by atomic mass is 9.44. The van der Waals surface area contributed by atoms with Gasteiger partial charge in [0.25, 0.3) is 0 Å². The molecule has 0 aromatic rings. The van der Waals surface area contributed by atoms with Crippen molar-refractivity contribution in [2.75, 3.05) is 27.2 Å². The van der Waals surface area contributed by atoms with Crippen LogP contribution >= 0.6 is 12.4 Å². The molecule has 7 heteroatoms. The van der Waals surface area contributed by atoms with Gasteiger partial charge >= 0.3 is 6.09 Å². The lowest BCUT2D eigenvalue weighted by molar-refractivity contribution is -0.144. The molecule has 0 bridgehead atoms. The number of nitrogens with one attached hydrogen (secondary N) is 1. The maximum absolute atomic E-state index is 12.3. The fourth-order valence-corrected chi connectivity index (χ4v) is 8.73. The fraction of sp³-hybridized carbons (Fsp3) is 0.926. The van der Waals surface area contributed by atoms with Gasteiger partial charge in [-0.3, -0.25) is 4.84 Å². The predicted octanol–water partition coefficient (Wildman–Crippen LogP) is 5.48. The normalized spacial score (nSPS) is 43.7. The summed E-state index contributed by atoms with van der Waals surface area (Å²) in [7, 11) is 3.62. The zero-order chi connectivity index (χ0) is 24.0. The van der Waals surface area contributed by atoms with Crippen molar-refractivity contribution in [1.82, 2.24) is 10.2 Å². The van der Waals surface area contributed by atoms with Crippen LogP contribution in [0.15, 0.2) is 5.16 Å². The van der Waals surface area contributed by atoms with Crippen molar-refractivity contribution in [2.24, 2.45) is 45.6 Å². The number of rotatable bonds is 5. The summed E-state index contributed by atoms with van der Waals surface area (Å²) in [6.07, 6.45) is 10.3. The number of likely N-dealkylation sites (N-methyl/N-ethyl adjacent to an activating group) is 2. The van der Waals surface area contributed by atoms with Crippen LogP contribution in [0.4, 0.5) is 4.79 Å². The van der Waals surface area contributed by atoms with E-state index in [1.807, 2.05) is 14.0 Å². The van der Waals surface area contributed by atoms with Crippen molar-refractivity contribution < 1.29 is 14.7 Å². The van der Waals surface area contributed by atoms with E-state index in [4.69, 9.17) is 4.84 Å². The second-order valence-corrected chi connectivity index (χ2v) is 12.6. The van der Waals surface area contributed by atoms with Crippen LogP contribution in [-0.4, -0.2) is 54.6 Å². The molecule has 0 spiro atoms. The molecule has 6 nitrogen and oxygen atoms in total. The summed E-state index contributed by atoms with van der Waals surface area (Å²) in [6.45, 7) is 10.5. The molecule has 4 aliphatic rings. The van der Waals surface area contributed by atoms with Gasteiger partial charge in [0.1, 0.15) is 0 Å². The largest absolute Gasteiger partial charge is 0.435 e. The van der Waals surface area contributed by atoms with Crippen LogP contribution in [0, 0.1) is 40.4 Å². The Bertz CT molecular complexity index is 774. The van der Waals surface area contributed by atoms with E-state index in [0.717, 1.165) is 49.3 Å². The van der Waals surface area contributed by atoms with Gasteiger partial charge in [0.2, 0.25) is 0 Å². The van der Waals surface area contributed by atoms with Crippen molar-refractivity contribution >= 4 is 24.2 Å². The van der Waals surface area contributed by atoms with Gasteiger partial charge < -0.3 is 15.3 Å². The number of halogens is 1. The van der Waals surface area contributed by atoms with Crippen molar-refractivity contribution in [2.45, 2.75) is 91.1 Å². The summed E-state index contributed by atoms with van der Waals surface area (Å²) in [5.41, 5.74) is 1.16. The molecule has 0 aliphatic heterocycles. The molecule has 34 heavy (non-hydrogen) atoms. The van der Waals surface area contributed by atoms with Crippen LogP contribution in [0.5, 0.6) is 0 Å². The van der Waals surface area contributed by atoms with E-state index in [9.17, 15) is 9.90 Å². The van der Waals surface area contributed by atoms with Gasteiger partial charge in [0, 0.05) is 26.1 Å². The zero-order valence-corrected chi connectivity index (χ0v) is 23.0. The highest BCUT2D eigenvalue weighted by atomic mass is 35.5. The molecule has 0 saturated heterocycles. The highest BCUT2D eigenvalue weighted by Gasteiger charge is 2.61. The minimum Gasteiger partial charge on any atom is -0.390 e. The molecule has 1 amide bonds. The summed E-state index contributed by atoms with van der Waals surface area (Å²) in [6, 6.07) is 0. The maximum Gasteiger partial charge on any atom is 0.435 e. The summed E-state index contributed by atoms with van der Waals surface area (Å²) in [5.74, 6) is 3.39. The number of aliphatic hydroxyl groups is 1. The zero-order valence-electron chi connectivity index (χ0n) is 22.2. The molecule has 0 aromatic carbocycles. The second kappa shape index (κ2) is 10.3. The third-order valence-corrected chi connectivity index (χ3v) is 10.7. The molecular formula is C27H48ClN3O3. The van der Waals surface area contributed by atoms with E-state index < -0.39 is 5.60 Å². The van der Waals surface area contributed by atoms with Crippen molar-refractivity contribution in [3.8, 4) is 0 Å².